The molecule has 1 fully saturated rings. The molecule has 1 heterocycles. The molecule has 1 atom stereocenters. The number of rotatable bonds is 3. The van der Waals surface area contributed by atoms with Gasteiger partial charge in [0.15, 0.2) is 0 Å². The zero-order valence-corrected chi connectivity index (χ0v) is 13.5. The van der Waals surface area contributed by atoms with Gasteiger partial charge in [-0.3, -0.25) is 9.69 Å². The molecule has 7 heteroatoms. The molecule has 0 spiro atoms. The number of carbonyl (C=O) groups excluding carboxylic acids is 1. The van der Waals surface area contributed by atoms with Crippen LogP contribution >= 0.6 is 35.6 Å². The molecule has 0 saturated carbocycles. The zero-order chi connectivity index (χ0) is 13.8. The highest BCUT2D eigenvalue weighted by atomic mass is 35.5. The fraction of sp³-hybridized carbons (Fsp3) is 0.462. The molecule has 1 aromatic carbocycles. The summed E-state index contributed by atoms with van der Waals surface area (Å²) in [4.78, 5) is 14.1. The van der Waals surface area contributed by atoms with Gasteiger partial charge in [-0.15, -0.1) is 12.4 Å². The quantitative estimate of drug-likeness (QED) is 0.890. The molecule has 1 saturated heterocycles. The van der Waals surface area contributed by atoms with Crippen molar-refractivity contribution in [2.24, 2.45) is 0 Å². The first kappa shape index (κ1) is 17.5. The lowest BCUT2D eigenvalue weighted by Crippen LogP contribution is -2.51. The van der Waals surface area contributed by atoms with Crippen LogP contribution in [0.3, 0.4) is 0 Å². The third-order valence-electron chi connectivity index (χ3n) is 3.19. The molecular formula is C13H18Cl3N3O. The van der Waals surface area contributed by atoms with E-state index in [2.05, 4.69) is 22.5 Å². The van der Waals surface area contributed by atoms with Gasteiger partial charge in [0.25, 0.3) is 0 Å². The summed E-state index contributed by atoms with van der Waals surface area (Å²) in [5.41, 5.74) is 0.669. The number of hydrogen-bond donors (Lipinski definition) is 2. The first-order chi connectivity index (χ1) is 9.06. The summed E-state index contributed by atoms with van der Waals surface area (Å²) in [6, 6.07) is 5.44. The van der Waals surface area contributed by atoms with E-state index in [1.54, 1.807) is 18.2 Å². The molecule has 4 nitrogen and oxygen atoms in total. The molecule has 1 aliphatic heterocycles. The maximum atomic E-state index is 12.0. The first-order valence-electron chi connectivity index (χ1n) is 6.26. The van der Waals surface area contributed by atoms with Gasteiger partial charge < -0.3 is 10.6 Å². The van der Waals surface area contributed by atoms with Gasteiger partial charge in [-0.05, 0) is 25.1 Å². The van der Waals surface area contributed by atoms with E-state index in [4.69, 9.17) is 23.2 Å². The Hall–Kier alpha value is -0.520. The lowest BCUT2D eigenvalue weighted by atomic mass is 10.2. The standard InChI is InChI=1S/C13H17Cl2N3O.ClH/c1-9-7-16-4-5-18(9)8-13(19)17-10-2-3-11(14)12(15)6-10;/h2-3,6,9,16H,4-5,7-8H2,1H3,(H,17,19);1H/t9-;/m1./s1. The maximum Gasteiger partial charge on any atom is 0.238 e. The minimum absolute atomic E-state index is 0. The molecule has 0 bridgehead atoms. The average molecular weight is 339 g/mol. The van der Waals surface area contributed by atoms with Crippen LogP contribution in [0.25, 0.3) is 0 Å². The van der Waals surface area contributed by atoms with Gasteiger partial charge in [0.05, 0.1) is 16.6 Å². The number of nitrogens with one attached hydrogen (secondary N) is 2. The topological polar surface area (TPSA) is 44.4 Å². The van der Waals surface area contributed by atoms with E-state index in [-0.39, 0.29) is 18.3 Å². The van der Waals surface area contributed by atoms with Crippen molar-refractivity contribution in [3.8, 4) is 0 Å². The Kier molecular flexibility index (Phi) is 7.06. The van der Waals surface area contributed by atoms with Crippen LogP contribution in [0.1, 0.15) is 6.92 Å². The number of hydrogen-bond acceptors (Lipinski definition) is 3. The van der Waals surface area contributed by atoms with Crippen LogP contribution in [0.4, 0.5) is 5.69 Å². The van der Waals surface area contributed by atoms with Crippen molar-refractivity contribution < 1.29 is 4.79 Å². The van der Waals surface area contributed by atoms with Gasteiger partial charge in [0.2, 0.25) is 5.91 Å². The average Bonchev–Trinajstić information content (AvgIpc) is 2.37. The van der Waals surface area contributed by atoms with E-state index < -0.39 is 0 Å². The molecular weight excluding hydrogens is 321 g/mol. The molecule has 1 aromatic rings. The second-order valence-corrected chi connectivity index (χ2v) is 5.52. The molecule has 2 rings (SSSR count). The summed E-state index contributed by atoms with van der Waals surface area (Å²) < 4.78 is 0. The third kappa shape index (κ3) is 4.79. The normalized spacial score (nSPS) is 19.2. The van der Waals surface area contributed by atoms with Crippen LogP contribution in [0.2, 0.25) is 10.0 Å². The highest BCUT2D eigenvalue weighted by molar-refractivity contribution is 6.42. The van der Waals surface area contributed by atoms with Crippen LogP contribution < -0.4 is 10.6 Å². The Balaban J connectivity index is 0.00000200. The van der Waals surface area contributed by atoms with Crippen molar-refractivity contribution in [3.63, 3.8) is 0 Å². The second kappa shape index (κ2) is 8.05. The Morgan fingerprint density at radius 3 is 2.85 bits per heavy atom. The maximum absolute atomic E-state index is 12.0. The van der Waals surface area contributed by atoms with E-state index in [9.17, 15) is 4.79 Å². The minimum Gasteiger partial charge on any atom is -0.325 e. The van der Waals surface area contributed by atoms with Crippen LogP contribution in [0.15, 0.2) is 18.2 Å². The summed E-state index contributed by atoms with van der Waals surface area (Å²) in [5, 5.41) is 7.05. The summed E-state index contributed by atoms with van der Waals surface area (Å²) in [6.45, 7) is 5.22. The molecule has 112 valence electrons. The summed E-state index contributed by atoms with van der Waals surface area (Å²) in [6.07, 6.45) is 0. The van der Waals surface area contributed by atoms with Gasteiger partial charge in [-0.25, -0.2) is 0 Å². The molecule has 0 aromatic heterocycles. The van der Waals surface area contributed by atoms with E-state index in [0.29, 0.717) is 28.3 Å². The number of anilines is 1. The first-order valence-corrected chi connectivity index (χ1v) is 7.01. The van der Waals surface area contributed by atoms with Crippen molar-refractivity contribution >= 4 is 47.2 Å². The lowest BCUT2D eigenvalue weighted by Gasteiger charge is -2.33. The number of halogens is 3. The predicted molar refractivity (Wildman–Crippen MR) is 86.2 cm³/mol. The monoisotopic (exact) mass is 337 g/mol. The molecule has 2 N–H and O–H groups in total. The highest BCUT2D eigenvalue weighted by Crippen LogP contribution is 2.24. The van der Waals surface area contributed by atoms with Crippen molar-refractivity contribution in [3.05, 3.63) is 28.2 Å². The summed E-state index contributed by atoms with van der Waals surface area (Å²) >= 11 is 11.7. The largest absolute Gasteiger partial charge is 0.325 e. The SMILES string of the molecule is C[C@@H]1CNCCN1CC(=O)Nc1ccc(Cl)c(Cl)c1.Cl. The Morgan fingerprint density at radius 1 is 1.45 bits per heavy atom. The van der Waals surface area contributed by atoms with E-state index in [0.717, 1.165) is 19.6 Å². The predicted octanol–water partition coefficient (Wildman–Crippen LogP) is 2.65. The van der Waals surface area contributed by atoms with Gasteiger partial charge in [0, 0.05) is 31.4 Å². The summed E-state index contributed by atoms with van der Waals surface area (Å²) in [5.74, 6) is -0.0351. The van der Waals surface area contributed by atoms with Gasteiger partial charge in [-0.1, -0.05) is 23.2 Å². The van der Waals surface area contributed by atoms with E-state index >= 15 is 0 Å². The van der Waals surface area contributed by atoms with E-state index in [1.807, 2.05) is 0 Å². The molecule has 0 unspecified atom stereocenters. The van der Waals surface area contributed by atoms with Crippen molar-refractivity contribution in [2.45, 2.75) is 13.0 Å². The Morgan fingerprint density at radius 2 is 2.20 bits per heavy atom. The Labute approximate surface area is 135 Å². The van der Waals surface area contributed by atoms with Crippen molar-refractivity contribution in [1.29, 1.82) is 0 Å². The minimum atomic E-state index is -0.0351. The van der Waals surface area contributed by atoms with Crippen LogP contribution in [-0.2, 0) is 4.79 Å². The molecule has 20 heavy (non-hydrogen) atoms. The highest BCUT2D eigenvalue weighted by Gasteiger charge is 2.20. The second-order valence-electron chi connectivity index (χ2n) is 4.70. The third-order valence-corrected chi connectivity index (χ3v) is 3.93. The number of nitrogens with zero attached hydrogens (tertiary/aromatic N) is 1. The van der Waals surface area contributed by atoms with Crippen LogP contribution in [-0.4, -0.2) is 43.0 Å². The van der Waals surface area contributed by atoms with Crippen molar-refractivity contribution in [1.82, 2.24) is 10.2 Å². The fourth-order valence-electron chi connectivity index (χ4n) is 2.08. The fourth-order valence-corrected chi connectivity index (χ4v) is 2.37. The number of amides is 1. The van der Waals surface area contributed by atoms with Gasteiger partial charge in [-0.2, -0.15) is 0 Å². The lowest BCUT2D eigenvalue weighted by molar-refractivity contribution is -0.118. The number of carbonyl (C=O) groups is 1. The van der Waals surface area contributed by atoms with Crippen molar-refractivity contribution in [2.75, 3.05) is 31.5 Å². The van der Waals surface area contributed by atoms with E-state index in [1.165, 1.54) is 0 Å². The smallest absolute Gasteiger partial charge is 0.238 e. The molecule has 0 aliphatic carbocycles. The summed E-state index contributed by atoms with van der Waals surface area (Å²) in [7, 11) is 0. The van der Waals surface area contributed by atoms with Crippen LogP contribution in [0.5, 0.6) is 0 Å². The number of benzene rings is 1. The van der Waals surface area contributed by atoms with Gasteiger partial charge in [0.1, 0.15) is 0 Å². The van der Waals surface area contributed by atoms with Crippen LogP contribution in [0, 0.1) is 0 Å². The Bertz CT molecular complexity index is 470. The van der Waals surface area contributed by atoms with Gasteiger partial charge >= 0.3 is 0 Å². The molecule has 0 radical (unpaired) electrons. The zero-order valence-electron chi connectivity index (χ0n) is 11.2. The molecule has 1 aliphatic rings. The number of piperazine rings is 1. The molecule has 1 amide bonds.